The van der Waals surface area contributed by atoms with Gasteiger partial charge >= 0.3 is 0 Å². The third kappa shape index (κ3) is 7.24. The Bertz CT molecular complexity index is 761. The van der Waals surface area contributed by atoms with Crippen LogP contribution in [0.5, 0.6) is 0 Å². The SMILES string of the molecule is O=C(NCC1CCCN(S(=O)(=O)c2cccc(Cl)c2)C1)[C]1CCCCCCC1.[CH2].[CH2]. The third-order valence-electron chi connectivity index (χ3n) is 5.75. The summed E-state index contributed by atoms with van der Waals surface area (Å²) in [5.41, 5.74) is 0. The van der Waals surface area contributed by atoms with Gasteiger partial charge in [-0.1, -0.05) is 64.6 Å². The van der Waals surface area contributed by atoms with E-state index < -0.39 is 10.0 Å². The first-order chi connectivity index (χ1) is 13.5. The summed E-state index contributed by atoms with van der Waals surface area (Å²) in [4.78, 5) is 12.8. The molecule has 0 bridgehead atoms. The van der Waals surface area contributed by atoms with Gasteiger partial charge < -0.3 is 5.32 Å². The zero-order chi connectivity index (χ0) is 20.0. The molecule has 7 heteroatoms. The average Bonchev–Trinajstić information content (AvgIpc) is 2.66. The summed E-state index contributed by atoms with van der Waals surface area (Å²) in [5.74, 6) is 1.22. The first-order valence-electron chi connectivity index (χ1n) is 10.4. The fraction of sp³-hybridized carbons (Fsp3) is 0.565. The van der Waals surface area contributed by atoms with Crippen LogP contribution in [0.2, 0.25) is 5.02 Å². The molecule has 1 aliphatic carbocycles. The Kier molecular flexibility index (Phi) is 11.4. The highest BCUT2D eigenvalue weighted by Gasteiger charge is 2.31. The second-order valence-corrected chi connectivity index (χ2v) is 10.3. The Labute approximate surface area is 188 Å². The van der Waals surface area contributed by atoms with Crippen molar-refractivity contribution in [1.82, 2.24) is 9.62 Å². The molecule has 2 fully saturated rings. The number of halogens is 1. The molecule has 5 radical (unpaired) electrons. The summed E-state index contributed by atoms with van der Waals surface area (Å²) in [6.45, 7) is 1.48. The number of hydrogen-bond donors (Lipinski definition) is 1. The lowest BCUT2D eigenvalue weighted by Gasteiger charge is -2.32. The molecule has 1 aliphatic heterocycles. The Morgan fingerprint density at radius 2 is 1.73 bits per heavy atom. The number of nitrogens with zero attached hydrogens (tertiary/aromatic N) is 1. The number of amides is 1. The van der Waals surface area contributed by atoms with Gasteiger partial charge in [-0.05, 0) is 49.8 Å². The molecule has 0 aromatic heterocycles. The molecule has 1 N–H and O–H groups in total. The predicted octanol–water partition coefficient (Wildman–Crippen LogP) is 4.83. The smallest absolute Gasteiger partial charge is 0.243 e. The Hall–Kier alpha value is -1.11. The minimum Gasteiger partial charge on any atom is -0.355 e. The van der Waals surface area contributed by atoms with Gasteiger partial charge in [0.1, 0.15) is 0 Å². The fourth-order valence-electron chi connectivity index (χ4n) is 4.11. The van der Waals surface area contributed by atoms with E-state index in [4.69, 9.17) is 11.6 Å². The van der Waals surface area contributed by atoms with Gasteiger partial charge in [0.2, 0.25) is 15.9 Å². The van der Waals surface area contributed by atoms with Crippen LogP contribution >= 0.6 is 11.6 Å². The molecule has 0 spiro atoms. The van der Waals surface area contributed by atoms with E-state index in [1.807, 2.05) is 0 Å². The normalized spacial score (nSPS) is 21.4. The summed E-state index contributed by atoms with van der Waals surface area (Å²) in [6.07, 6.45) is 9.39. The van der Waals surface area contributed by atoms with Crippen molar-refractivity contribution in [3.05, 3.63) is 50.1 Å². The standard InChI is InChI=1S/C21H30ClN2O3S.2CH2/c22-19-11-6-12-20(14-19)28(26,27)24-13-7-8-17(16-24)15-23-21(25)18-9-4-2-1-3-5-10-18;;/h6,11-12,14,17H,1-5,7-10,13,15-16H2,(H,23,25);2*1H2. The lowest BCUT2D eigenvalue weighted by atomic mass is 9.90. The van der Waals surface area contributed by atoms with Crippen LogP contribution in [0.4, 0.5) is 0 Å². The highest BCUT2D eigenvalue weighted by Crippen LogP contribution is 2.26. The minimum absolute atomic E-state index is 0. The monoisotopic (exact) mass is 453 g/mol. The van der Waals surface area contributed by atoms with Crippen molar-refractivity contribution >= 4 is 27.5 Å². The van der Waals surface area contributed by atoms with Crippen LogP contribution in [-0.2, 0) is 14.8 Å². The van der Waals surface area contributed by atoms with Crippen LogP contribution in [0, 0.1) is 26.7 Å². The van der Waals surface area contributed by atoms with Gasteiger partial charge in [0.25, 0.3) is 0 Å². The number of hydrogen-bond acceptors (Lipinski definition) is 3. The number of rotatable bonds is 5. The van der Waals surface area contributed by atoms with Crippen molar-refractivity contribution in [2.75, 3.05) is 19.6 Å². The summed E-state index contributed by atoms with van der Waals surface area (Å²) < 4.78 is 27.4. The molecule has 1 amide bonds. The van der Waals surface area contributed by atoms with Gasteiger partial charge in [-0.15, -0.1) is 0 Å². The molecule has 1 saturated heterocycles. The van der Waals surface area contributed by atoms with Crippen LogP contribution in [-0.4, -0.2) is 38.3 Å². The number of benzene rings is 1. The second kappa shape index (κ2) is 12.7. The molecule has 1 heterocycles. The molecule has 5 nitrogen and oxygen atoms in total. The molecular weight excluding hydrogens is 420 g/mol. The number of carbonyl (C=O) groups is 1. The molecule has 30 heavy (non-hydrogen) atoms. The van der Waals surface area contributed by atoms with Crippen molar-refractivity contribution in [1.29, 1.82) is 0 Å². The minimum atomic E-state index is -3.55. The summed E-state index contributed by atoms with van der Waals surface area (Å²) in [6, 6.07) is 6.40. The first-order valence-corrected chi connectivity index (χ1v) is 12.2. The maximum absolute atomic E-state index is 12.9. The highest BCUT2D eigenvalue weighted by atomic mass is 35.5. The fourth-order valence-corrected chi connectivity index (χ4v) is 5.97. The van der Waals surface area contributed by atoms with Crippen molar-refractivity contribution in [2.24, 2.45) is 5.92 Å². The second-order valence-electron chi connectivity index (χ2n) is 7.91. The van der Waals surface area contributed by atoms with Gasteiger partial charge in [0.15, 0.2) is 0 Å². The topological polar surface area (TPSA) is 66.5 Å². The number of carbonyl (C=O) groups excluding carboxylic acids is 1. The molecular formula is C23H34ClN2O3S. The van der Waals surface area contributed by atoms with Gasteiger partial charge in [0, 0.05) is 24.7 Å². The van der Waals surface area contributed by atoms with E-state index in [0.29, 0.717) is 24.7 Å². The molecule has 167 valence electrons. The number of nitrogens with one attached hydrogen (secondary N) is 1. The zero-order valence-corrected chi connectivity index (χ0v) is 19.3. The van der Waals surface area contributed by atoms with Crippen molar-refractivity contribution in [3.8, 4) is 0 Å². The third-order valence-corrected chi connectivity index (χ3v) is 7.84. The van der Waals surface area contributed by atoms with E-state index in [1.165, 1.54) is 29.6 Å². The molecule has 1 aromatic rings. The van der Waals surface area contributed by atoms with E-state index in [0.717, 1.165) is 44.4 Å². The van der Waals surface area contributed by atoms with E-state index in [1.54, 1.807) is 18.2 Å². The average molecular weight is 454 g/mol. The summed E-state index contributed by atoms with van der Waals surface area (Å²) in [5, 5.41) is 3.49. The van der Waals surface area contributed by atoms with Crippen LogP contribution in [0.25, 0.3) is 0 Å². The van der Waals surface area contributed by atoms with E-state index in [2.05, 4.69) is 5.32 Å². The van der Waals surface area contributed by atoms with Crippen LogP contribution < -0.4 is 5.32 Å². The lowest BCUT2D eigenvalue weighted by molar-refractivity contribution is -0.120. The quantitative estimate of drug-likeness (QED) is 0.694. The van der Waals surface area contributed by atoms with Gasteiger partial charge in [-0.3, -0.25) is 4.79 Å². The van der Waals surface area contributed by atoms with Gasteiger partial charge in [-0.25, -0.2) is 8.42 Å². The summed E-state index contributed by atoms with van der Waals surface area (Å²) >= 11 is 5.97. The molecule has 1 atom stereocenters. The highest BCUT2D eigenvalue weighted by molar-refractivity contribution is 7.89. The molecule has 1 aromatic carbocycles. The van der Waals surface area contributed by atoms with E-state index >= 15 is 0 Å². The van der Waals surface area contributed by atoms with Crippen LogP contribution in [0.3, 0.4) is 0 Å². The number of piperidine rings is 1. The Morgan fingerprint density at radius 3 is 2.40 bits per heavy atom. The largest absolute Gasteiger partial charge is 0.355 e. The van der Waals surface area contributed by atoms with Gasteiger partial charge in [-0.2, -0.15) is 4.31 Å². The maximum atomic E-state index is 12.9. The predicted molar refractivity (Wildman–Crippen MR) is 122 cm³/mol. The van der Waals surface area contributed by atoms with Crippen LogP contribution in [0.1, 0.15) is 57.8 Å². The molecule has 3 rings (SSSR count). The number of sulfonamides is 1. The maximum Gasteiger partial charge on any atom is 0.243 e. The molecule has 2 aliphatic rings. The first kappa shape index (κ1) is 26.9. The van der Waals surface area contributed by atoms with Crippen molar-refractivity contribution in [2.45, 2.75) is 62.7 Å². The molecule has 1 unspecified atom stereocenters. The van der Waals surface area contributed by atoms with Crippen molar-refractivity contribution in [3.63, 3.8) is 0 Å². The van der Waals surface area contributed by atoms with Gasteiger partial charge in [0.05, 0.1) is 10.8 Å². The lowest BCUT2D eigenvalue weighted by Crippen LogP contribution is -2.44. The van der Waals surface area contributed by atoms with Crippen LogP contribution in [0.15, 0.2) is 29.2 Å². The Balaban J connectivity index is 0.00000225. The Morgan fingerprint density at radius 1 is 1.07 bits per heavy atom. The summed E-state index contributed by atoms with van der Waals surface area (Å²) in [7, 11) is -3.55. The zero-order valence-electron chi connectivity index (χ0n) is 17.7. The van der Waals surface area contributed by atoms with E-state index in [9.17, 15) is 13.2 Å². The van der Waals surface area contributed by atoms with E-state index in [-0.39, 0.29) is 31.6 Å². The molecule has 1 saturated carbocycles. The van der Waals surface area contributed by atoms with Crippen molar-refractivity contribution < 1.29 is 13.2 Å².